The van der Waals surface area contributed by atoms with Crippen LogP contribution in [0.2, 0.25) is 0 Å². The van der Waals surface area contributed by atoms with Crippen molar-refractivity contribution in [2.24, 2.45) is 5.73 Å². The Kier molecular flexibility index (Phi) is 6.77. The fourth-order valence-corrected chi connectivity index (χ4v) is 2.86. The number of ether oxygens (including phenoxy) is 1. The van der Waals surface area contributed by atoms with Gasteiger partial charge in [0.2, 0.25) is 0 Å². The summed E-state index contributed by atoms with van der Waals surface area (Å²) >= 11 is 0. The molecule has 0 saturated heterocycles. The minimum atomic E-state index is -0.180. The Balaban J connectivity index is 1.85. The van der Waals surface area contributed by atoms with Gasteiger partial charge in [-0.25, -0.2) is 0 Å². The van der Waals surface area contributed by atoms with Gasteiger partial charge in [0.25, 0.3) is 5.91 Å². The summed E-state index contributed by atoms with van der Waals surface area (Å²) in [5.41, 5.74) is 8.39. The van der Waals surface area contributed by atoms with Crippen LogP contribution >= 0.6 is 0 Å². The number of fused-ring (bicyclic) bond motifs is 1. The van der Waals surface area contributed by atoms with Crippen LogP contribution in [0.4, 0.5) is 0 Å². The highest BCUT2D eigenvalue weighted by Gasteiger charge is 2.15. The smallest absolute Gasteiger partial charge is 0.305 e. The molecule has 2 rings (SSSR count). The molecule has 0 spiro atoms. The van der Waals surface area contributed by atoms with Crippen LogP contribution in [0.1, 0.15) is 53.7 Å². The second-order valence-electron chi connectivity index (χ2n) is 6.30. The van der Waals surface area contributed by atoms with Gasteiger partial charge in [0.05, 0.1) is 7.11 Å². The largest absolute Gasteiger partial charge is 0.469 e. The minimum Gasteiger partial charge on any atom is -0.469 e. The van der Waals surface area contributed by atoms with E-state index in [0.717, 1.165) is 42.1 Å². The molecule has 0 atom stereocenters. The third kappa shape index (κ3) is 4.84. The van der Waals surface area contributed by atoms with E-state index in [1.165, 1.54) is 7.11 Å². The lowest BCUT2D eigenvalue weighted by Gasteiger charge is -2.05. The number of nitrogens with two attached hydrogens (primary N) is 1. The molecule has 1 amide bonds. The predicted molar refractivity (Wildman–Crippen MR) is 101 cm³/mol. The van der Waals surface area contributed by atoms with Crippen LogP contribution in [0.25, 0.3) is 10.9 Å². The van der Waals surface area contributed by atoms with Crippen LogP contribution < -0.4 is 11.1 Å². The number of methoxy groups -OCH3 is 1. The number of nitrogens with one attached hydrogen (secondary N) is 3. The van der Waals surface area contributed by atoms with Crippen molar-refractivity contribution in [3.8, 4) is 0 Å². The monoisotopic (exact) mass is 358 g/mol. The molecule has 26 heavy (non-hydrogen) atoms. The normalized spacial score (nSPS) is 10.7. The summed E-state index contributed by atoms with van der Waals surface area (Å²) in [5.74, 6) is -0.316. The summed E-state index contributed by atoms with van der Waals surface area (Å²) in [6.45, 7) is 2.47. The number of benzene rings is 1. The highest BCUT2D eigenvalue weighted by molar-refractivity contribution is 6.04. The first-order valence-electron chi connectivity index (χ1n) is 8.75. The topological polar surface area (TPSA) is 121 Å². The first-order chi connectivity index (χ1) is 12.4. The molecule has 1 aromatic heterocycles. The molecule has 0 saturated carbocycles. The lowest BCUT2D eigenvalue weighted by atomic mass is 10.1. The van der Waals surface area contributed by atoms with Gasteiger partial charge in [-0.05, 0) is 43.5 Å². The SMILES string of the molecule is COC(=O)CCCCCCNC(=O)c1[nH]c2ccc(C(=N)N)cc2c1C. The standard InChI is InChI=1S/C19H26N4O3/c1-12-14-11-13(18(20)21)8-9-15(14)23-17(12)19(25)22-10-6-4-3-5-7-16(24)26-2/h8-9,11,23H,3-7,10H2,1-2H3,(H3,20,21)(H,22,25). The fraction of sp³-hybridized carbons (Fsp3) is 0.421. The average Bonchev–Trinajstić information content (AvgIpc) is 2.96. The molecule has 1 aromatic carbocycles. The van der Waals surface area contributed by atoms with E-state index in [1.54, 1.807) is 6.07 Å². The van der Waals surface area contributed by atoms with E-state index in [4.69, 9.17) is 11.1 Å². The van der Waals surface area contributed by atoms with Crippen LogP contribution in [-0.2, 0) is 9.53 Å². The number of aryl methyl sites for hydroxylation is 1. The Morgan fingerprint density at radius 1 is 1.23 bits per heavy atom. The van der Waals surface area contributed by atoms with Crippen LogP contribution in [-0.4, -0.2) is 36.4 Å². The molecule has 7 nitrogen and oxygen atoms in total. The van der Waals surface area contributed by atoms with Crippen LogP contribution in [0.5, 0.6) is 0 Å². The number of amidine groups is 1. The number of unbranched alkanes of at least 4 members (excludes halogenated alkanes) is 3. The molecule has 0 bridgehead atoms. The zero-order valence-corrected chi connectivity index (χ0v) is 15.3. The van der Waals surface area contributed by atoms with Gasteiger partial charge in [0.1, 0.15) is 11.5 Å². The fourth-order valence-electron chi connectivity index (χ4n) is 2.86. The Hall–Kier alpha value is -2.83. The number of carbonyl (C=O) groups is 2. The molecular formula is C19H26N4O3. The van der Waals surface area contributed by atoms with Gasteiger partial charge in [0.15, 0.2) is 0 Å². The van der Waals surface area contributed by atoms with Crippen molar-refractivity contribution in [1.82, 2.24) is 10.3 Å². The number of H-pyrrole nitrogens is 1. The molecular weight excluding hydrogens is 332 g/mol. The summed E-state index contributed by atoms with van der Waals surface area (Å²) in [7, 11) is 1.39. The van der Waals surface area contributed by atoms with Gasteiger partial charge in [-0.1, -0.05) is 12.8 Å². The van der Waals surface area contributed by atoms with E-state index in [1.807, 2.05) is 19.1 Å². The molecule has 0 aliphatic rings. The predicted octanol–water partition coefficient (Wildman–Crippen LogP) is 2.61. The highest BCUT2D eigenvalue weighted by atomic mass is 16.5. The summed E-state index contributed by atoms with van der Waals surface area (Å²) in [6.07, 6.45) is 4.00. The Morgan fingerprint density at radius 2 is 1.96 bits per heavy atom. The van der Waals surface area contributed by atoms with Crippen molar-refractivity contribution in [2.75, 3.05) is 13.7 Å². The Bertz CT molecular complexity index is 810. The summed E-state index contributed by atoms with van der Waals surface area (Å²) < 4.78 is 4.60. The van der Waals surface area contributed by atoms with E-state index in [-0.39, 0.29) is 17.7 Å². The van der Waals surface area contributed by atoms with Crippen molar-refractivity contribution in [3.63, 3.8) is 0 Å². The first kappa shape index (κ1) is 19.5. The van der Waals surface area contributed by atoms with Crippen molar-refractivity contribution in [1.29, 1.82) is 5.41 Å². The van der Waals surface area contributed by atoms with Gasteiger partial charge in [-0.15, -0.1) is 0 Å². The number of amides is 1. The lowest BCUT2D eigenvalue weighted by Crippen LogP contribution is -2.25. The lowest BCUT2D eigenvalue weighted by molar-refractivity contribution is -0.140. The third-order valence-electron chi connectivity index (χ3n) is 4.42. The first-order valence-corrected chi connectivity index (χ1v) is 8.75. The number of hydrogen-bond donors (Lipinski definition) is 4. The van der Waals surface area contributed by atoms with Crippen LogP contribution in [0.15, 0.2) is 18.2 Å². The van der Waals surface area contributed by atoms with E-state index in [2.05, 4.69) is 15.0 Å². The molecule has 140 valence electrons. The zero-order valence-electron chi connectivity index (χ0n) is 15.3. The Labute approximate surface area is 152 Å². The maximum atomic E-state index is 12.4. The van der Waals surface area contributed by atoms with E-state index in [0.29, 0.717) is 24.2 Å². The van der Waals surface area contributed by atoms with E-state index < -0.39 is 0 Å². The highest BCUT2D eigenvalue weighted by Crippen LogP contribution is 2.23. The van der Waals surface area contributed by atoms with Crippen molar-refractivity contribution in [3.05, 3.63) is 35.0 Å². The van der Waals surface area contributed by atoms with E-state index >= 15 is 0 Å². The number of carbonyl (C=O) groups excluding carboxylic acids is 2. The number of nitrogen functional groups attached to an aromatic ring is 1. The number of rotatable bonds is 9. The van der Waals surface area contributed by atoms with Crippen molar-refractivity contribution >= 4 is 28.6 Å². The van der Waals surface area contributed by atoms with E-state index in [9.17, 15) is 9.59 Å². The average molecular weight is 358 g/mol. The summed E-state index contributed by atoms with van der Waals surface area (Å²) in [6, 6.07) is 5.41. The summed E-state index contributed by atoms with van der Waals surface area (Å²) in [5, 5.41) is 11.3. The quantitative estimate of drug-likeness (QED) is 0.238. The molecule has 0 unspecified atom stereocenters. The molecule has 2 aromatic rings. The number of aromatic amines is 1. The number of hydrogen-bond acceptors (Lipinski definition) is 4. The molecule has 0 aliphatic carbocycles. The maximum absolute atomic E-state index is 12.4. The molecule has 7 heteroatoms. The third-order valence-corrected chi connectivity index (χ3v) is 4.42. The molecule has 1 heterocycles. The number of aromatic nitrogens is 1. The van der Waals surface area contributed by atoms with Gasteiger partial charge in [-0.2, -0.15) is 0 Å². The maximum Gasteiger partial charge on any atom is 0.305 e. The second kappa shape index (κ2) is 9.03. The second-order valence-corrected chi connectivity index (χ2v) is 6.30. The zero-order chi connectivity index (χ0) is 19.1. The minimum absolute atomic E-state index is 0.00528. The molecule has 0 fully saturated rings. The van der Waals surface area contributed by atoms with Crippen LogP contribution in [0.3, 0.4) is 0 Å². The summed E-state index contributed by atoms with van der Waals surface area (Å²) in [4.78, 5) is 26.5. The van der Waals surface area contributed by atoms with Crippen molar-refractivity contribution in [2.45, 2.75) is 39.0 Å². The molecule has 5 N–H and O–H groups in total. The van der Waals surface area contributed by atoms with Crippen molar-refractivity contribution < 1.29 is 14.3 Å². The van der Waals surface area contributed by atoms with Gasteiger partial charge in [0, 0.05) is 29.4 Å². The number of esters is 1. The van der Waals surface area contributed by atoms with Gasteiger partial charge in [-0.3, -0.25) is 15.0 Å². The van der Waals surface area contributed by atoms with Crippen LogP contribution in [0, 0.1) is 12.3 Å². The van der Waals surface area contributed by atoms with Gasteiger partial charge >= 0.3 is 5.97 Å². The Morgan fingerprint density at radius 3 is 2.65 bits per heavy atom. The molecule has 0 radical (unpaired) electrons. The van der Waals surface area contributed by atoms with Gasteiger partial charge < -0.3 is 20.8 Å². The molecule has 0 aliphatic heterocycles.